The second-order valence-electron chi connectivity index (χ2n) is 5.98. The summed E-state index contributed by atoms with van der Waals surface area (Å²) in [6.07, 6.45) is -4.64. The van der Waals surface area contributed by atoms with Crippen molar-refractivity contribution in [2.24, 2.45) is 0 Å². The molecule has 1 saturated heterocycles. The summed E-state index contributed by atoms with van der Waals surface area (Å²) in [5.41, 5.74) is -1.14. The Morgan fingerprint density at radius 1 is 1.28 bits per heavy atom. The maximum Gasteiger partial charge on any atom is 0.417 e. The third kappa shape index (κ3) is 4.02. The topological polar surface area (TPSA) is 64.4 Å². The lowest BCUT2D eigenvalue weighted by Gasteiger charge is -2.44. The molecule has 5 nitrogen and oxygen atoms in total. The van der Waals surface area contributed by atoms with Crippen LogP contribution in [0.15, 0.2) is 18.2 Å². The largest absolute Gasteiger partial charge is 0.417 e. The third-order valence-electron chi connectivity index (χ3n) is 4.18. The van der Waals surface area contributed by atoms with Crippen LogP contribution in [0.4, 0.5) is 18.9 Å². The predicted octanol–water partition coefficient (Wildman–Crippen LogP) is 3.00. The number of hydrogen-bond acceptors (Lipinski definition) is 4. The molecule has 0 aromatic heterocycles. The molecular formula is C15H17ClF3N3O2S. The SMILES string of the molecule is CC1CN(S(=O)(=O)CCl)C(C)CN1c1ccc(C#N)c(C(F)(F)F)c1. The van der Waals surface area contributed by atoms with Crippen LogP contribution in [0.2, 0.25) is 0 Å². The normalized spacial score (nSPS) is 22.7. The fraction of sp³-hybridized carbons (Fsp3) is 0.533. The number of nitriles is 1. The van der Waals surface area contributed by atoms with Crippen molar-refractivity contribution in [1.82, 2.24) is 4.31 Å². The Bertz CT molecular complexity index is 792. The minimum atomic E-state index is -4.64. The van der Waals surface area contributed by atoms with Gasteiger partial charge in [0.05, 0.1) is 17.2 Å². The molecule has 2 rings (SSSR count). The van der Waals surface area contributed by atoms with Gasteiger partial charge in [-0.15, -0.1) is 11.6 Å². The summed E-state index contributed by atoms with van der Waals surface area (Å²) in [5, 5.41) is 8.34. The molecule has 1 fully saturated rings. The monoisotopic (exact) mass is 395 g/mol. The van der Waals surface area contributed by atoms with Crippen molar-refractivity contribution in [3.63, 3.8) is 0 Å². The van der Waals surface area contributed by atoms with Crippen LogP contribution in [0.25, 0.3) is 0 Å². The van der Waals surface area contributed by atoms with Crippen LogP contribution in [-0.4, -0.2) is 43.1 Å². The quantitative estimate of drug-likeness (QED) is 0.738. The highest BCUT2D eigenvalue weighted by molar-refractivity contribution is 7.90. The Morgan fingerprint density at radius 3 is 2.44 bits per heavy atom. The highest BCUT2D eigenvalue weighted by Crippen LogP contribution is 2.35. The summed E-state index contributed by atoms with van der Waals surface area (Å²) < 4.78 is 64.7. The number of benzene rings is 1. The molecule has 0 radical (unpaired) electrons. The number of hydrogen-bond donors (Lipinski definition) is 0. The van der Waals surface area contributed by atoms with Gasteiger partial charge in [-0.3, -0.25) is 0 Å². The van der Waals surface area contributed by atoms with Crippen LogP contribution in [0.1, 0.15) is 25.0 Å². The number of nitrogens with zero attached hydrogens (tertiary/aromatic N) is 3. The van der Waals surface area contributed by atoms with Crippen LogP contribution in [-0.2, 0) is 16.2 Å². The van der Waals surface area contributed by atoms with Gasteiger partial charge < -0.3 is 4.90 Å². The number of piperazine rings is 1. The molecule has 1 aliphatic heterocycles. The Labute approximate surface area is 149 Å². The molecule has 0 bridgehead atoms. The molecular weight excluding hydrogens is 379 g/mol. The molecule has 0 N–H and O–H groups in total. The van der Waals surface area contributed by atoms with Gasteiger partial charge in [-0.25, -0.2) is 8.42 Å². The van der Waals surface area contributed by atoms with Crippen LogP contribution in [0.3, 0.4) is 0 Å². The average molecular weight is 396 g/mol. The number of rotatable bonds is 3. The first-order chi connectivity index (χ1) is 11.5. The van der Waals surface area contributed by atoms with Gasteiger partial charge in [0.15, 0.2) is 0 Å². The number of anilines is 1. The van der Waals surface area contributed by atoms with E-state index in [9.17, 15) is 21.6 Å². The first-order valence-corrected chi connectivity index (χ1v) is 9.59. The lowest BCUT2D eigenvalue weighted by atomic mass is 10.0. The van der Waals surface area contributed by atoms with E-state index in [1.54, 1.807) is 24.8 Å². The lowest BCUT2D eigenvalue weighted by Crippen LogP contribution is -2.58. The zero-order chi connectivity index (χ0) is 19.0. The summed E-state index contributed by atoms with van der Waals surface area (Å²) >= 11 is 5.50. The Balaban J connectivity index is 2.37. The van der Waals surface area contributed by atoms with Crippen molar-refractivity contribution in [3.8, 4) is 6.07 Å². The van der Waals surface area contributed by atoms with Crippen molar-refractivity contribution in [2.45, 2.75) is 32.1 Å². The summed E-state index contributed by atoms with van der Waals surface area (Å²) in [6, 6.07) is 4.28. The molecule has 1 aliphatic rings. The lowest BCUT2D eigenvalue weighted by molar-refractivity contribution is -0.137. The standard InChI is InChI=1S/C15H17ClF3N3O2S/c1-10-8-22(25(23,24)9-16)11(2)7-21(10)13-4-3-12(6-20)14(5-13)15(17,18)19/h3-5,10-11H,7-9H2,1-2H3. The molecule has 1 heterocycles. The number of alkyl halides is 4. The molecule has 1 aromatic carbocycles. The summed E-state index contributed by atoms with van der Waals surface area (Å²) in [5.74, 6) is 0. The zero-order valence-electron chi connectivity index (χ0n) is 13.6. The highest BCUT2D eigenvalue weighted by Gasteiger charge is 2.38. The van der Waals surface area contributed by atoms with Gasteiger partial charge in [0.2, 0.25) is 10.0 Å². The van der Waals surface area contributed by atoms with Crippen molar-refractivity contribution >= 4 is 27.3 Å². The van der Waals surface area contributed by atoms with Gasteiger partial charge in [-0.05, 0) is 32.0 Å². The fourth-order valence-corrected chi connectivity index (χ4v) is 4.51. The second kappa shape index (κ2) is 7.02. The fourth-order valence-electron chi connectivity index (χ4n) is 2.95. The van der Waals surface area contributed by atoms with Gasteiger partial charge >= 0.3 is 6.18 Å². The van der Waals surface area contributed by atoms with Gasteiger partial charge in [-0.2, -0.15) is 22.7 Å². The Hall–Kier alpha value is -1.50. The minimum absolute atomic E-state index is 0.123. The molecule has 2 atom stereocenters. The van der Waals surface area contributed by atoms with Crippen LogP contribution >= 0.6 is 11.6 Å². The Kier molecular flexibility index (Phi) is 5.56. The van der Waals surface area contributed by atoms with Crippen molar-refractivity contribution < 1.29 is 21.6 Å². The van der Waals surface area contributed by atoms with E-state index in [0.717, 1.165) is 12.1 Å². The van der Waals surface area contributed by atoms with E-state index in [1.165, 1.54) is 10.4 Å². The summed E-state index contributed by atoms with van der Waals surface area (Å²) in [4.78, 5) is 1.71. The van der Waals surface area contributed by atoms with E-state index in [1.807, 2.05) is 0 Å². The molecule has 2 unspecified atom stereocenters. The van der Waals surface area contributed by atoms with Crippen molar-refractivity contribution in [1.29, 1.82) is 5.26 Å². The van der Waals surface area contributed by atoms with E-state index in [-0.39, 0.29) is 19.1 Å². The highest BCUT2D eigenvalue weighted by atomic mass is 35.5. The molecule has 0 aliphatic carbocycles. The second-order valence-corrected chi connectivity index (χ2v) is 8.49. The molecule has 0 spiro atoms. The molecule has 0 saturated carbocycles. The van der Waals surface area contributed by atoms with E-state index < -0.39 is 38.6 Å². The van der Waals surface area contributed by atoms with E-state index in [0.29, 0.717) is 5.69 Å². The molecule has 25 heavy (non-hydrogen) atoms. The maximum atomic E-state index is 13.1. The molecule has 10 heteroatoms. The van der Waals surface area contributed by atoms with Crippen molar-refractivity contribution in [2.75, 3.05) is 23.2 Å². The number of halogens is 4. The first kappa shape index (κ1) is 19.8. The smallest absolute Gasteiger partial charge is 0.366 e. The number of sulfonamides is 1. The third-order valence-corrected chi connectivity index (χ3v) is 6.51. The van der Waals surface area contributed by atoms with E-state index in [2.05, 4.69) is 0 Å². The first-order valence-electron chi connectivity index (χ1n) is 7.44. The molecule has 1 aromatic rings. The summed E-state index contributed by atoms with van der Waals surface area (Å²) in [7, 11) is -3.60. The van der Waals surface area contributed by atoms with Crippen LogP contribution in [0.5, 0.6) is 0 Å². The summed E-state index contributed by atoms with van der Waals surface area (Å²) in [6.45, 7) is 3.75. The minimum Gasteiger partial charge on any atom is -0.366 e. The van der Waals surface area contributed by atoms with Gasteiger partial charge in [0.1, 0.15) is 5.21 Å². The molecule has 138 valence electrons. The van der Waals surface area contributed by atoms with Crippen molar-refractivity contribution in [3.05, 3.63) is 29.3 Å². The van der Waals surface area contributed by atoms with Crippen LogP contribution < -0.4 is 4.90 Å². The average Bonchev–Trinajstić information content (AvgIpc) is 2.55. The van der Waals surface area contributed by atoms with Crippen LogP contribution in [0, 0.1) is 11.3 Å². The Morgan fingerprint density at radius 2 is 1.92 bits per heavy atom. The zero-order valence-corrected chi connectivity index (χ0v) is 15.2. The molecule has 0 amide bonds. The van der Waals surface area contributed by atoms with Gasteiger partial charge in [0, 0.05) is 30.9 Å². The van der Waals surface area contributed by atoms with E-state index in [4.69, 9.17) is 16.9 Å². The van der Waals surface area contributed by atoms with Gasteiger partial charge in [-0.1, -0.05) is 0 Å². The van der Waals surface area contributed by atoms with E-state index >= 15 is 0 Å². The predicted molar refractivity (Wildman–Crippen MR) is 88.8 cm³/mol. The maximum absolute atomic E-state index is 13.1. The van der Waals surface area contributed by atoms with Gasteiger partial charge in [0.25, 0.3) is 0 Å².